The van der Waals surface area contributed by atoms with Crippen LogP contribution in [-0.2, 0) is 11.4 Å². The number of amides is 1. The van der Waals surface area contributed by atoms with Crippen LogP contribution in [0.2, 0.25) is 0 Å². The van der Waals surface area contributed by atoms with E-state index in [9.17, 15) is 8.78 Å². The second kappa shape index (κ2) is 10.1. The molecule has 1 heterocycles. The first-order valence-electron chi connectivity index (χ1n) is 6.83. The van der Waals surface area contributed by atoms with Gasteiger partial charge in [-0.15, -0.1) is 0 Å². The molecule has 7 nitrogen and oxygen atoms in total. The van der Waals surface area contributed by atoms with Crippen molar-refractivity contribution < 1.29 is 18.3 Å². The number of nitrogens with two attached hydrogens (primary N) is 2. The average molecular weight is 339 g/mol. The molecule has 0 aliphatic carbocycles. The van der Waals surface area contributed by atoms with Crippen molar-refractivity contribution in [1.82, 2.24) is 10.4 Å². The highest BCUT2D eigenvalue weighted by molar-refractivity contribution is 5.55. The number of halogens is 2. The Morgan fingerprint density at radius 3 is 2.54 bits per heavy atom. The molecule has 5 N–H and O–H groups in total. The van der Waals surface area contributed by atoms with Crippen LogP contribution in [0.25, 0.3) is 0 Å². The molecule has 0 unspecified atom stereocenters. The van der Waals surface area contributed by atoms with Crippen LogP contribution in [-0.4, -0.2) is 18.4 Å². The van der Waals surface area contributed by atoms with E-state index in [0.717, 1.165) is 0 Å². The van der Waals surface area contributed by atoms with Crippen LogP contribution in [0.1, 0.15) is 17.6 Å². The number of aromatic nitrogens is 1. The summed E-state index contributed by atoms with van der Waals surface area (Å²) in [5.41, 5.74) is 2.52. The molecule has 0 atom stereocenters. The topological polar surface area (TPSA) is 106 Å². The van der Waals surface area contributed by atoms with Crippen LogP contribution in [0.3, 0.4) is 0 Å². The molecular formula is C15H19F2N5O2. The van der Waals surface area contributed by atoms with Gasteiger partial charge in [0.15, 0.2) is 0 Å². The van der Waals surface area contributed by atoms with Crippen molar-refractivity contribution in [3.63, 3.8) is 0 Å². The van der Waals surface area contributed by atoms with Gasteiger partial charge in [-0.1, -0.05) is 18.2 Å². The van der Waals surface area contributed by atoms with Gasteiger partial charge < -0.3 is 9.75 Å². The standard InChI is InChI=1S/C14H15F2N3O.CH4N2O/c1-19(17)12-6-4-5-10(14(15)16)11(12)9-20-13-7-2-3-8-18-13;2-3-1-4/h2-8,14H,9,17H2,1H3;1H,2H2,(H,3,4). The van der Waals surface area contributed by atoms with Crippen LogP contribution in [0.4, 0.5) is 14.5 Å². The number of anilines is 1. The minimum absolute atomic E-state index is 0.0194. The summed E-state index contributed by atoms with van der Waals surface area (Å²) in [4.78, 5) is 12.9. The number of rotatable bonds is 6. The third-order valence-corrected chi connectivity index (χ3v) is 2.87. The minimum atomic E-state index is -2.59. The Bertz CT molecular complexity index is 600. The first kappa shape index (κ1) is 19.3. The predicted octanol–water partition coefficient (Wildman–Crippen LogP) is 1.51. The summed E-state index contributed by atoms with van der Waals surface area (Å²) in [6.45, 7) is -0.0194. The van der Waals surface area contributed by atoms with E-state index in [-0.39, 0.29) is 12.2 Å². The van der Waals surface area contributed by atoms with E-state index in [1.165, 1.54) is 11.1 Å². The number of pyridine rings is 1. The normalized spacial score (nSPS) is 9.75. The van der Waals surface area contributed by atoms with Gasteiger partial charge in [0, 0.05) is 30.4 Å². The maximum atomic E-state index is 13.1. The lowest BCUT2D eigenvalue weighted by molar-refractivity contribution is -0.109. The molecule has 2 rings (SSSR count). The van der Waals surface area contributed by atoms with Crippen molar-refractivity contribution in [2.45, 2.75) is 13.0 Å². The number of alkyl halides is 2. The summed E-state index contributed by atoms with van der Waals surface area (Å²) in [5.74, 6) is 10.5. The average Bonchev–Trinajstić information content (AvgIpc) is 2.60. The molecule has 0 aliphatic heterocycles. The van der Waals surface area contributed by atoms with Gasteiger partial charge in [0.1, 0.15) is 6.61 Å². The predicted molar refractivity (Wildman–Crippen MR) is 85.9 cm³/mol. The van der Waals surface area contributed by atoms with E-state index in [1.807, 2.05) is 0 Å². The number of carbonyl (C=O) groups is 1. The first-order chi connectivity index (χ1) is 11.5. The Labute approximate surface area is 138 Å². The monoisotopic (exact) mass is 339 g/mol. The summed E-state index contributed by atoms with van der Waals surface area (Å²) < 4.78 is 31.6. The number of benzene rings is 1. The molecule has 0 saturated heterocycles. The number of nitrogens with zero attached hydrogens (tertiary/aromatic N) is 2. The molecule has 1 aromatic carbocycles. The third kappa shape index (κ3) is 5.78. The second-order valence-electron chi connectivity index (χ2n) is 4.50. The van der Waals surface area contributed by atoms with Gasteiger partial charge in [-0.05, 0) is 12.1 Å². The van der Waals surface area contributed by atoms with E-state index in [2.05, 4.69) is 10.8 Å². The molecule has 24 heavy (non-hydrogen) atoms. The van der Waals surface area contributed by atoms with E-state index in [0.29, 0.717) is 23.5 Å². The molecule has 0 radical (unpaired) electrons. The number of hydrazine groups is 2. The lowest BCUT2D eigenvalue weighted by Gasteiger charge is -2.20. The Balaban J connectivity index is 0.000000648. The molecular weight excluding hydrogens is 320 g/mol. The van der Waals surface area contributed by atoms with Crippen molar-refractivity contribution in [3.05, 3.63) is 53.7 Å². The van der Waals surface area contributed by atoms with Crippen LogP contribution >= 0.6 is 0 Å². The van der Waals surface area contributed by atoms with E-state index < -0.39 is 6.43 Å². The number of hydrogen-bond acceptors (Lipinski definition) is 6. The number of ether oxygens (including phenoxy) is 1. The molecule has 0 spiro atoms. The minimum Gasteiger partial charge on any atom is -0.473 e. The fourth-order valence-electron chi connectivity index (χ4n) is 1.86. The van der Waals surface area contributed by atoms with E-state index >= 15 is 0 Å². The maximum absolute atomic E-state index is 13.1. The molecule has 0 bridgehead atoms. The van der Waals surface area contributed by atoms with Crippen LogP contribution in [0, 0.1) is 0 Å². The molecule has 9 heteroatoms. The molecule has 0 fully saturated rings. The quantitative estimate of drug-likeness (QED) is 0.319. The van der Waals surface area contributed by atoms with Gasteiger partial charge in [0.25, 0.3) is 6.43 Å². The van der Waals surface area contributed by atoms with Crippen LogP contribution < -0.4 is 26.9 Å². The lowest BCUT2D eigenvalue weighted by Crippen LogP contribution is -2.27. The van der Waals surface area contributed by atoms with Gasteiger partial charge >= 0.3 is 0 Å². The van der Waals surface area contributed by atoms with Gasteiger partial charge in [0.2, 0.25) is 12.3 Å². The number of nitrogens with one attached hydrogen (secondary N) is 1. The summed E-state index contributed by atoms with van der Waals surface area (Å²) in [5, 5.41) is 1.29. The Kier molecular flexibility index (Phi) is 8.09. The van der Waals surface area contributed by atoms with Crippen molar-refractivity contribution in [1.29, 1.82) is 0 Å². The summed E-state index contributed by atoms with van der Waals surface area (Å²) in [6.07, 6.45) is -0.609. The van der Waals surface area contributed by atoms with Crippen molar-refractivity contribution >= 4 is 12.1 Å². The largest absolute Gasteiger partial charge is 0.473 e. The van der Waals surface area contributed by atoms with Gasteiger partial charge in [-0.3, -0.25) is 10.2 Å². The summed E-state index contributed by atoms with van der Waals surface area (Å²) >= 11 is 0. The summed E-state index contributed by atoms with van der Waals surface area (Å²) in [7, 11) is 1.59. The van der Waals surface area contributed by atoms with E-state index in [4.69, 9.17) is 15.4 Å². The zero-order valence-electron chi connectivity index (χ0n) is 13.0. The molecule has 1 aromatic heterocycles. The van der Waals surface area contributed by atoms with Crippen molar-refractivity contribution in [2.75, 3.05) is 12.1 Å². The third-order valence-electron chi connectivity index (χ3n) is 2.87. The highest BCUT2D eigenvalue weighted by atomic mass is 19.3. The fourth-order valence-corrected chi connectivity index (χ4v) is 1.86. The van der Waals surface area contributed by atoms with Crippen LogP contribution in [0.15, 0.2) is 42.6 Å². The highest BCUT2D eigenvalue weighted by Gasteiger charge is 2.18. The lowest BCUT2D eigenvalue weighted by atomic mass is 10.1. The van der Waals surface area contributed by atoms with Crippen molar-refractivity contribution in [2.24, 2.45) is 11.7 Å². The van der Waals surface area contributed by atoms with E-state index in [1.54, 1.807) is 49.0 Å². The van der Waals surface area contributed by atoms with Gasteiger partial charge in [0.05, 0.1) is 5.69 Å². The zero-order chi connectivity index (χ0) is 17.9. The smallest absolute Gasteiger partial charge is 0.264 e. The Hall–Kier alpha value is -2.78. The van der Waals surface area contributed by atoms with Gasteiger partial charge in [-0.2, -0.15) is 0 Å². The van der Waals surface area contributed by atoms with Crippen LogP contribution in [0.5, 0.6) is 5.88 Å². The van der Waals surface area contributed by atoms with Gasteiger partial charge in [-0.25, -0.2) is 25.5 Å². The zero-order valence-corrected chi connectivity index (χ0v) is 13.0. The molecule has 130 valence electrons. The molecule has 0 saturated carbocycles. The number of hydrogen-bond donors (Lipinski definition) is 3. The first-order valence-corrected chi connectivity index (χ1v) is 6.83. The molecule has 1 amide bonds. The highest BCUT2D eigenvalue weighted by Crippen LogP contribution is 2.30. The second-order valence-corrected chi connectivity index (χ2v) is 4.50. The Morgan fingerprint density at radius 2 is 2.04 bits per heavy atom. The maximum Gasteiger partial charge on any atom is 0.264 e. The number of carbonyl (C=O) groups excluding carboxylic acids is 1. The SMILES string of the molecule is CN(N)c1cccc(C(F)F)c1COc1ccccn1.NNC=O. The molecule has 0 aliphatic rings. The fraction of sp³-hybridized carbons (Fsp3) is 0.200. The van der Waals surface area contributed by atoms with Crippen molar-refractivity contribution in [3.8, 4) is 5.88 Å². The Morgan fingerprint density at radius 1 is 1.33 bits per heavy atom. The summed E-state index contributed by atoms with van der Waals surface area (Å²) in [6, 6.07) is 9.76. The molecule has 2 aromatic rings.